The Morgan fingerprint density at radius 1 is 0.810 bits per heavy atom. The van der Waals surface area contributed by atoms with Crippen LogP contribution in [0.2, 0.25) is 0 Å². The van der Waals surface area contributed by atoms with Crippen LogP contribution in [0.4, 0.5) is 0 Å². The maximum absolute atomic E-state index is 5.73. The van der Waals surface area contributed by atoms with Gasteiger partial charge in [0.15, 0.2) is 0 Å². The zero-order chi connectivity index (χ0) is 15.0. The molecule has 21 heavy (non-hydrogen) atoms. The Bertz CT molecular complexity index is 200. The van der Waals surface area contributed by atoms with Gasteiger partial charge in [0, 0.05) is 13.2 Å². The molecule has 1 aliphatic rings. The molecule has 1 atom stereocenters. The van der Waals surface area contributed by atoms with Crippen molar-refractivity contribution in [1.82, 2.24) is 0 Å². The molecule has 0 aliphatic carbocycles. The van der Waals surface area contributed by atoms with Gasteiger partial charge in [-0.25, -0.2) is 0 Å². The van der Waals surface area contributed by atoms with Crippen LogP contribution < -0.4 is 0 Å². The maximum atomic E-state index is 5.73. The van der Waals surface area contributed by atoms with E-state index >= 15 is 0 Å². The van der Waals surface area contributed by atoms with Crippen LogP contribution in [-0.4, -0.2) is 25.9 Å². The van der Waals surface area contributed by atoms with Crippen LogP contribution >= 0.6 is 0 Å². The van der Waals surface area contributed by atoms with Gasteiger partial charge in [-0.2, -0.15) is 0 Å². The van der Waals surface area contributed by atoms with Gasteiger partial charge in [0.05, 0.1) is 12.7 Å². The second kappa shape index (κ2) is 14.8. The van der Waals surface area contributed by atoms with E-state index in [4.69, 9.17) is 9.47 Å². The second-order valence-electron chi connectivity index (χ2n) is 6.60. The average molecular weight is 299 g/mol. The lowest BCUT2D eigenvalue weighted by Gasteiger charge is -2.22. The van der Waals surface area contributed by atoms with Gasteiger partial charge in [0.1, 0.15) is 0 Å². The number of hydrogen-bond acceptors (Lipinski definition) is 2. The molecule has 0 spiro atoms. The van der Waals surface area contributed by atoms with Gasteiger partial charge in [0.2, 0.25) is 0 Å². The molecule has 1 saturated heterocycles. The molecule has 126 valence electrons. The van der Waals surface area contributed by atoms with Crippen molar-refractivity contribution in [3.05, 3.63) is 0 Å². The lowest BCUT2D eigenvalue weighted by Crippen LogP contribution is -2.24. The molecule has 1 heterocycles. The van der Waals surface area contributed by atoms with Crippen LogP contribution in [0.3, 0.4) is 0 Å². The summed E-state index contributed by atoms with van der Waals surface area (Å²) in [6.07, 6.45) is 19.5. The fourth-order valence-electron chi connectivity index (χ4n) is 3.02. The quantitative estimate of drug-likeness (QED) is 0.373. The molecular weight excluding hydrogens is 260 g/mol. The average Bonchev–Trinajstić information content (AvgIpc) is 2.53. The molecule has 0 saturated carbocycles. The number of hydrogen-bond donors (Lipinski definition) is 0. The van der Waals surface area contributed by atoms with Gasteiger partial charge in [-0.1, -0.05) is 71.1 Å². The molecule has 2 heteroatoms. The zero-order valence-electron chi connectivity index (χ0n) is 14.4. The first-order valence-electron chi connectivity index (χ1n) is 9.63. The van der Waals surface area contributed by atoms with Crippen molar-refractivity contribution >= 4 is 0 Å². The second-order valence-corrected chi connectivity index (χ2v) is 6.60. The van der Waals surface area contributed by atoms with Crippen LogP contribution in [0, 0.1) is 0 Å². The van der Waals surface area contributed by atoms with Gasteiger partial charge in [0.25, 0.3) is 0 Å². The minimum atomic E-state index is 0.381. The van der Waals surface area contributed by atoms with Crippen LogP contribution in [0.1, 0.15) is 96.8 Å². The molecule has 0 amide bonds. The molecule has 0 aromatic carbocycles. The summed E-state index contributed by atoms with van der Waals surface area (Å²) in [7, 11) is 0. The lowest BCUT2D eigenvalue weighted by molar-refractivity contribution is -0.0411. The van der Waals surface area contributed by atoms with Crippen LogP contribution in [0.15, 0.2) is 0 Å². The Hall–Kier alpha value is -0.0800. The molecule has 0 N–H and O–H groups in total. The summed E-state index contributed by atoms with van der Waals surface area (Å²) in [6, 6.07) is 0. The summed E-state index contributed by atoms with van der Waals surface area (Å²) in [4.78, 5) is 0. The Morgan fingerprint density at radius 2 is 1.43 bits per heavy atom. The standard InChI is InChI=1S/C19H38O2/c1-2-3-4-5-6-7-8-9-10-11-13-16-20-18-19-15-12-14-17-21-19/h19H,2-18H2,1H3. The van der Waals surface area contributed by atoms with Crippen molar-refractivity contribution < 1.29 is 9.47 Å². The highest BCUT2D eigenvalue weighted by atomic mass is 16.5. The number of unbranched alkanes of at least 4 members (excludes halogenated alkanes) is 10. The molecule has 1 unspecified atom stereocenters. The SMILES string of the molecule is CCCCCCCCCCCCCOCC1CCCCO1. The predicted octanol–water partition coefficient (Wildman–Crippen LogP) is 5.88. The Morgan fingerprint density at radius 3 is 2.00 bits per heavy atom. The lowest BCUT2D eigenvalue weighted by atomic mass is 10.1. The largest absolute Gasteiger partial charge is 0.379 e. The first kappa shape index (κ1) is 19.0. The number of ether oxygens (including phenoxy) is 2. The predicted molar refractivity (Wildman–Crippen MR) is 90.9 cm³/mol. The van der Waals surface area contributed by atoms with E-state index in [1.807, 2.05) is 0 Å². The van der Waals surface area contributed by atoms with Gasteiger partial charge in [-0.3, -0.25) is 0 Å². The van der Waals surface area contributed by atoms with Gasteiger partial charge in [-0.15, -0.1) is 0 Å². The Kier molecular flexibility index (Phi) is 13.4. The van der Waals surface area contributed by atoms with Gasteiger partial charge in [-0.05, 0) is 25.7 Å². The van der Waals surface area contributed by atoms with Crippen molar-refractivity contribution in [3.63, 3.8) is 0 Å². The third-order valence-electron chi connectivity index (χ3n) is 4.47. The van der Waals surface area contributed by atoms with E-state index in [-0.39, 0.29) is 0 Å². The summed E-state index contributed by atoms with van der Waals surface area (Å²) in [6.45, 7) is 4.97. The first-order chi connectivity index (χ1) is 10.4. The normalized spacial score (nSPS) is 19.0. The third-order valence-corrected chi connectivity index (χ3v) is 4.47. The highest BCUT2D eigenvalue weighted by molar-refractivity contribution is 4.62. The molecule has 0 bridgehead atoms. The molecule has 1 rings (SSSR count). The van der Waals surface area contributed by atoms with E-state index in [2.05, 4.69) is 6.92 Å². The van der Waals surface area contributed by atoms with Crippen molar-refractivity contribution in [3.8, 4) is 0 Å². The van der Waals surface area contributed by atoms with E-state index in [1.165, 1.54) is 89.9 Å². The Labute approximate surface area is 133 Å². The highest BCUT2D eigenvalue weighted by Crippen LogP contribution is 2.13. The van der Waals surface area contributed by atoms with Crippen LogP contribution in [0.5, 0.6) is 0 Å². The van der Waals surface area contributed by atoms with Crippen LogP contribution in [0.25, 0.3) is 0 Å². The summed E-state index contributed by atoms with van der Waals surface area (Å²) < 4.78 is 11.4. The van der Waals surface area contributed by atoms with Gasteiger partial charge >= 0.3 is 0 Å². The molecule has 0 radical (unpaired) electrons. The summed E-state index contributed by atoms with van der Waals surface area (Å²) in [5.41, 5.74) is 0. The minimum Gasteiger partial charge on any atom is -0.379 e. The topological polar surface area (TPSA) is 18.5 Å². The first-order valence-corrected chi connectivity index (χ1v) is 9.63. The molecule has 1 aliphatic heterocycles. The van der Waals surface area contributed by atoms with Gasteiger partial charge < -0.3 is 9.47 Å². The maximum Gasteiger partial charge on any atom is 0.0808 e. The van der Waals surface area contributed by atoms with Crippen molar-refractivity contribution in [2.75, 3.05) is 19.8 Å². The van der Waals surface area contributed by atoms with E-state index in [9.17, 15) is 0 Å². The summed E-state index contributed by atoms with van der Waals surface area (Å²) in [5.74, 6) is 0. The molecule has 0 aromatic heterocycles. The summed E-state index contributed by atoms with van der Waals surface area (Å²) >= 11 is 0. The van der Waals surface area contributed by atoms with Crippen LogP contribution in [-0.2, 0) is 9.47 Å². The smallest absolute Gasteiger partial charge is 0.0808 e. The minimum absolute atomic E-state index is 0.381. The fourth-order valence-corrected chi connectivity index (χ4v) is 3.02. The van der Waals surface area contributed by atoms with Crippen molar-refractivity contribution in [2.24, 2.45) is 0 Å². The van der Waals surface area contributed by atoms with E-state index < -0.39 is 0 Å². The zero-order valence-corrected chi connectivity index (χ0v) is 14.4. The molecule has 1 fully saturated rings. The summed E-state index contributed by atoms with van der Waals surface area (Å²) in [5, 5.41) is 0. The molecule has 0 aromatic rings. The Balaban J connectivity index is 1.69. The monoisotopic (exact) mass is 298 g/mol. The van der Waals surface area contributed by atoms with Crippen molar-refractivity contribution in [1.29, 1.82) is 0 Å². The third kappa shape index (κ3) is 12.2. The van der Waals surface area contributed by atoms with E-state index in [0.29, 0.717) is 6.10 Å². The fraction of sp³-hybridized carbons (Fsp3) is 1.00. The molecule has 2 nitrogen and oxygen atoms in total. The van der Waals surface area contributed by atoms with E-state index in [0.717, 1.165) is 19.8 Å². The highest BCUT2D eigenvalue weighted by Gasteiger charge is 2.13. The van der Waals surface area contributed by atoms with Crippen molar-refractivity contribution in [2.45, 2.75) is 103 Å². The molecular formula is C19H38O2. The number of rotatable bonds is 14. The van der Waals surface area contributed by atoms with E-state index in [1.54, 1.807) is 0 Å².